The zero-order chi connectivity index (χ0) is 21.7. The van der Waals surface area contributed by atoms with Gasteiger partial charge in [-0.15, -0.1) is 0 Å². The van der Waals surface area contributed by atoms with Crippen LogP contribution < -0.4 is 20.3 Å². The number of methoxy groups -OCH3 is 1. The molecule has 30 heavy (non-hydrogen) atoms. The summed E-state index contributed by atoms with van der Waals surface area (Å²) < 4.78 is 5.19. The van der Waals surface area contributed by atoms with Crippen LogP contribution >= 0.6 is 23.2 Å². The molecule has 1 aliphatic heterocycles. The molecule has 7 nitrogen and oxygen atoms in total. The molecule has 1 unspecified atom stereocenters. The van der Waals surface area contributed by atoms with E-state index in [1.165, 1.54) is 12.1 Å². The van der Waals surface area contributed by atoms with Crippen LogP contribution in [-0.2, 0) is 9.59 Å². The van der Waals surface area contributed by atoms with Gasteiger partial charge in [0.15, 0.2) is 0 Å². The van der Waals surface area contributed by atoms with E-state index in [2.05, 4.69) is 10.6 Å². The molecular weight excluding hydrogens is 429 g/mol. The number of nitrogens with zero attached hydrogens (tertiary/aromatic N) is 1. The Bertz CT molecular complexity index is 967. The number of hydrogen-bond acceptors (Lipinski definition) is 4. The number of halogens is 2. The molecule has 0 spiro atoms. The van der Waals surface area contributed by atoms with Crippen molar-refractivity contribution in [2.24, 2.45) is 5.92 Å². The smallest absolute Gasteiger partial charge is 0.252 e. The van der Waals surface area contributed by atoms with Crippen molar-refractivity contribution in [2.45, 2.75) is 6.42 Å². The van der Waals surface area contributed by atoms with Crippen LogP contribution in [0.15, 0.2) is 42.5 Å². The molecule has 0 aliphatic carbocycles. The third-order valence-corrected chi connectivity index (χ3v) is 5.29. The van der Waals surface area contributed by atoms with Gasteiger partial charge in [0.1, 0.15) is 5.75 Å². The van der Waals surface area contributed by atoms with Gasteiger partial charge in [-0.05, 0) is 30.3 Å². The highest BCUT2D eigenvalue weighted by atomic mass is 35.5. The first kappa shape index (κ1) is 21.9. The lowest BCUT2D eigenvalue weighted by Crippen LogP contribution is -2.38. The van der Waals surface area contributed by atoms with Crippen LogP contribution in [0.2, 0.25) is 10.0 Å². The number of carbonyl (C=O) groups is 3. The van der Waals surface area contributed by atoms with Crippen LogP contribution in [0, 0.1) is 5.92 Å². The summed E-state index contributed by atoms with van der Waals surface area (Å²) in [4.78, 5) is 38.5. The van der Waals surface area contributed by atoms with Crippen molar-refractivity contribution in [2.75, 3.05) is 31.6 Å². The number of rotatable bonds is 7. The predicted octanol–water partition coefficient (Wildman–Crippen LogP) is 2.90. The third-order valence-electron chi connectivity index (χ3n) is 4.75. The minimum absolute atomic E-state index is 0.117. The van der Waals surface area contributed by atoms with Crippen molar-refractivity contribution < 1.29 is 19.1 Å². The highest BCUT2D eigenvalue weighted by Gasteiger charge is 2.35. The number of hydrogen-bond donors (Lipinski definition) is 2. The molecule has 3 amide bonds. The molecule has 0 aromatic heterocycles. The van der Waals surface area contributed by atoms with Crippen molar-refractivity contribution in [3.8, 4) is 5.75 Å². The van der Waals surface area contributed by atoms with E-state index in [0.717, 1.165) is 0 Å². The third kappa shape index (κ3) is 5.23. The van der Waals surface area contributed by atoms with Gasteiger partial charge in [0.2, 0.25) is 11.8 Å². The highest BCUT2D eigenvalue weighted by molar-refractivity contribution is 6.36. The van der Waals surface area contributed by atoms with E-state index in [0.29, 0.717) is 28.6 Å². The molecule has 1 atom stereocenters. The predicted molar refractivity (Wildman–Crippen MR) is 115 cm³/mol. The van der Waals surface area contributed by atoms with E-state index in [9.17, 15) is 14.4 Å². The van der Waals surface area contributed by atoms with Crippen LogP contribution in [0.1, 0.15) is 16.8 Å². The first-order valence-corrected chi connectivity index (χ1v) is 10.1. The topological polar surface area (TPSA) is 87.7 Å². The second kappa shape index (κ2) is 9.82. The lowest BCUT2D eigenvalue weighted by atomic mass is 10.1. The largest absolute Gasteiger partial charge is 0.497 e. The normalized spacial score (nSPS) is 15.8. The van der Waals surface area contributed by atoms with E-state index in [-0.39, 0.29) is 42.3 Å². The van der Waals surface area contributed by atoms with Crippen molar-refractivity contribution in [3.05, 3.63) is 58.1 Å². The van der Waals surface area contributed by atoms with Gasteiger partial charge in [0, 0.05) is 42.8 Å². The van der Waals surface area contributed by atoms with Crippen LogP contribution in [0.25, 0.3) is 0 Å². The Hall–Kier alpha value is -2.77. The van der Waals surface area contributed by atoms with Gasteiger partial charge < -0.3 is 20.3 Å². The molecule has 0 bridgehead atoms. The van der Waals surface area contributed by atoms with Gasteiger partial charge in [-0.25, -0.2) is 0 Å². The van der Waals surface area contributed by atoms with Gasteiger partial charge in [0.25, 0.3) is 5.91 Å². The molecule has 158 valence electrons. The number of carbonyl (C=O) groups excluding carboxylic acids is 3. The average molecular weight is 450 g/mol. The number of nitrogens with one attached hydrogen (secondary N) is 2. The summed E-state index contributed by atoms with van der Waals surface area (Å²) in [6, 6.07) is 11.8. The number of ether oxygens (including phenoxy) is 1. The van der Waals surface area contributed by atoms with Gasteiger partial charge in [-0.3, -0.25) is 14.4 Å². The molecule has 0 saturated carbocycles. The zero-order valence-corrected chi connectivity index (χ0v) is 17.8. The van der Waals surface area contributed by atoms with Gasteiger partial charge in [-0.1, -0.05) is 29.3 Å². The highest BCUT2D eigenvalue weighted by Crippen LogP contribution is 2.28. The van der Waals surface area contributed by atoms with E-state index >= 15 is 0 Å². The SMILES string of the molecule is COc1cccc(N2CC(C(=O)NCCNC(=O)c3ccc(Cl)cc3Cl)CC2=O)c1. The summed E-state index contributed by atoms with van der Waals surface area (Å²) in [5.41, 5.74) is 1.00. The van der Waals surface area contributed by atoms with Crippen LogP contribution in [0.4, 0.5) is 5.69 Å². The summed E-state index contributed by atoms with van der Waals surface area (Å²) >= 11 is 11.8. The molecular formula is C21H21Cl2N3O4. The van der Waals surface area contributed by atoms with Gasteiger partial charge in [-0.2, -0.15) is 0 Å². The van der Waals surface area contributed by atoms with Gasteiger partial charge in [0.05, 0.1) is 23.6 Å². The minimum atomic E-state index is -0.454. The molecule has 2 aromatic rings. The summed E-state index contributed by atoms with van der Waals surface area (Å²) in [6.07, 6.45) is 0.135. The Balaban J connectivity index is 1.47. The monoisotopic (exact) mass is 449 g/mol. The molecule has 1 heterocycles. The quantitative estimate of drug-likeness (QED) is 0.636. The number of amides is 3. The molecule has 2 aromatic carbocycles. The van der Waals surface area contributed by atoms with Crippen molar-refractivity contribution in [3.63, 3.8) is 0 Å². The first-order chi connectivity index (χ1) is 14.4. The van der Waals surface area contributed by atoms with Crippen LogP contribution in [0.5, 0.6) is 5.75 Å². The lowest BCUT2D eigenvalue weighted by molar-refractivity contribution is -0.126. The maximum Gasteiger partial charge on any atom is 0.252 e. The number of benzene rings is 2. The molecule has 9 heteroatoms. The van der Waals surface area contributed by atoms with Gasteiger partial charge >= 0.3 is 0 Å². The number of anilines is 1. The summed E-state index contributed by atoms with van der Waals surface area (Å²) in [5, 5.41) is 6.15. The van der Waals surface area contributed by atoms with E-state index in [1.54, 1.807) is 42.3 Å². The van der Waals surface area contributed by atoms with E-state index in [1.807, 2.05) is 0 Å². The van der Waals surface area contributed by atoms with Crippen LogP contribution in [0.3, 0.4) is 0 Å². The Kier molecular flexibility index (Phi) is 7.18. The second-order valence-corrected chi connectivity index (χ2v) is 7.62. The fraction of sp³-hybridized carbons (Fsp3) is 0.286. The first-order valence-electron chi connectivity index (χ1n) is 9.34. The summed E-state index contributed by atoms with van der Waals surface area (Å²) in [7, 11) is 1.56. The maximum absolute atomic E-state index is 12.4. The van der Waals surface area contributed by atoms with Crippen molar-refractivity contribution in [1.82, 2.24) is 10.6 Å². The molecule has 0 radical (unpaired) electrons. The molecule has 3 rings (SSSR count). The molecule has 1 fully saturated rings. The van der Waals surface area contributed by atoms with Crippen molar-refractivity contribution in [1.29, 1.82) is 0 Å². The Labute approximate surface area is 184 Å². The van der Waals surface area contributed by atoms with E-state index in [4.69, 9.17) is 27.9 Å². The Morgan fingerprint density at radius 2 is 1.90 bits per heavy atom. The lowest BCUT2D eigenvalue weighted by Gasteiger charge is -2.17. The fourth-order valence-electron chi connectivity index (χ4n) is 3.19. The van der Waals surface area contributed by atoms with Crippen molar-refractivity contribution >= 4 is 46.6 Å². The zero-order valence-electron chi connectivity index (χ0n) is 16.3. The fourth-order valence-corrected chi connectivity index (χ4v) is 3.68. The molecule has 1 saturated heterocycles. The molecule has 1 aliphatic rings. The Morgan fingerprint density at radius 3 is 2.63 bits per heavy atom. The standard InChI is InChI=1S/C21H21Cl2N3O4/c1-30-16-4-2-3-15(11-16)26-12-13(9-19(26)27)20(28)24-7-8-25-21(29)17-6-5-14(22)10-18(17)23/h2-6,10-11,13H,7-9,12H2,1H3,(H,24,28)(H,25,29). The summed E-state index contributed by atoms with van der Waals surface area (Å²) in [5.74, 6) is -0.511. The Morgan fingerprint density at radius 1 is 1.13 bits per heavy atom. The summed E-state index contributed by atoms with van der Waals surface area (Å²) in [6.45, 7) is 0.758. The molecule has 2 N–H and O–H groups in total. The average Bonchev–Trinajstić information content (AvgIpc) is 3.12. The maximum atomic E-state index is 12.4. The van der Waals surface area contributed by atoms with E-state index < -0.39 is 5.92 Å². The van der Waals surface area contributed by atoms with Crippen LogP contribution in [-0.4, -0.2) is 44.5 Å². The minimum Gasteiger partial charge on any atom is -0.497 e. The second-order valence-electron chi connectivity index (χ2n) is 6.78.